The highest BCUT2D eigenvalue weighted by molar-refractivity contribution is 6.31. The summed E-state index contributed by atoms with van der Waals surface area (Å²) in [4.78, 5) is 27.7. The Hall–Kier alpha value is -3.51. The Morgan fingerprint density at radius 3 is 2.59 bits per heavy atom. The van der Waals surface area contributed by atoms with Gasteiger partial charge in [-0.1, -0.05) is 17.7 Å². The fourth-order valence-corrected chi connectivity index (χ4v) is 4.24. The summed E-state index contributed by atoms with van der Waals surface area (Å²) in [7, 11) is 0. The van der Waals surface area contributed by atoms with E-state index in [2.05, 4.69) is 5.32 Å². The van der Waals surface area contributed by atoms with Crippen molar-refractivity contribution < 1.29 is 19.1 Å². The lowest BCUT2D eigenvalue weighted by Gasteiger charge is -2.30. The van der Waals surface area contributed by atoms with Crippen LogP contribution in [-0.2, 0) is 6.42 Å². The van der Waals surface area contributed by atoms with Gasteiger partial charge >= 0.3 is 0 Å². The van der Waals surface area contributed by atoms with Gasteiger partial charge in [0.25, 0.3) is 11.8 Å². The van der Waals surface area contributed by atoms with E-state index < -0.39 is 0 Å². The fourth-order valence-electron chi connectivity index (χ4n) is 4.05. The molecule has 0 unspecified atom stereocenters. The minimum absolute atomic E-state index is 0.0954. The highest BCUT2D eigenvalue weighted by atomic mass is 35.5. The summed E-state index contributed by atoms with van der Waals surface area (Å²) >= 11 is 6.06. The van der Waals surface area contributed by atoms with Crippen molar-refractivity contribution in [2.75, 3.05) is 30.0 Å². The van der Waals surface area contributed by atoms with E-state index in [0.717, 1.165) is 24.1 Å². The van der Waals surface area contributed by atoms with Crippen molar-refractivity contribution >= 4 is 34.8 Å². The van der Waals surface area contributed by atoms with E-state index in [1.165, 1.54) is 0 Å². The number of hydrogen-bond donors (Lipinski definition) is 1. The first-order valence-corrected chi connectivity index (χ1v) is 10.9. The third-order valence-corrected chi connectivity index (χ3v) is 5.81. The highest BCUT2D eigenvalue weighted by Crippen LogP contribution is 2.33. The van der Waals surface area contributed by atoms with E-state index in [9.17, 15) is 9.59 Å². The lowest BCUT2D eigenvalue weighted by atomic mass is 9.98. The average Bonchev–Trinajstić information content (AvgIpc) is 2.82. The van der Waals surface area contributed by atoms with E-state index in [4.69, 9.17) is 21.1 Å². The Balaban J connectivity index is 1.36. The van der Waals surface area contributed by atoms with Gasteiger partial charge in [-0.05, 0) is 66.9 Å². The van der Waals surface area contributed by atoms with Crippen LogP contribution in [0.25, 0.3) is 0 Å². The molecular formula is C25H21ClN2O4. The van der Waals surface area contributed by atoms with E-state index in [0.29, 0.717) is 53.1 Å². The fraction of sp³-hybridized carbons (Fsp3) is 0.200. The lowest BCUT2D eigenvalue weighted by Crippen LogP contribution is -2.35. The zero-order valence-electron chi connectivity index (χ0n) is 17.3. The molecule has 2 amide bonds. The van der Waals surface area contributed by atoms with Crippen LogP contribution in [-0.4, -0.2) is 31.6 Å². The molecular weight excluding hydrogens is 428 g/mol. The minimum atomic E-state index is -0.220. The minimum Gasteiger partial charge on any atom is -0.486 e. The second-order valence-electron chi connectivity index (χ2n) is 7.73. The van der Waals surface area contributed by atoms with Gasteiger partial charge in [-0.3, -0.25) is 9.59 Å². The Bertz CT molecular complexity index is 1210. The molecule has 3 aromatic rings. The third-order valence-electron chi connectivity index (χ3n) is 5.58. The average molecular weight is 449 g/mol. The molecule has 0 radical (unpaired) electrons. The van der Waals surface area contributed by atoms with Crippen molar-refractivity contribution in [3.8, 4) is 11.5 Å². The maximum atomic E-state index is 13.1. The number of nitrogens with one attached hydrogen (secondary N) is 1. The number of amides is 2. The van der Waals surface area contributed by atoms with E-state index in [1.54, 1.807) is 53.4 Å². The molecule has 3 aromatic carbocycles. The molecule has 2 heterocycles. The van der Waals surface area contributed by atoms with Crippen molar-refractivity contribution in [2.24, 2.45) is 0 Å². The zero-order valence-corrected chi connectivity index (χ0v) is 18.0. The molecule has 0 saturated heterocycles. The van der Waals surface area contributed by atoms with Crippen LogP contribution in [0.4, 0.5) is 11.4 Å². The predicted octanol–water partition coefficient (Wildman–Crippen LogP) is 4.96. The SMILES string of the molecule is O=C(Nc1ccc2c(c1)OCCO2)c1ccc2c(c1)CCCN2C(=O)c1cccc(Cl)c1. The molecule has 0 saturated carbocycles. The number of rotatable bonds is 3. The largest absolute Gasteiger partial charge is 0.486 e. The van der Waals surface area contributed by atoms with Gasteiger partial charge in [0.1, 0.15) is 13.2 Å². The van der Waals surface area contributed by atoms with Crippen LogP contribution in [0.1, 0.15) is 32.7 Å². The molecule has 2 aliphatic heterocycles. The van der Waals surface area contributed by atoms with Crippen molar-refractivity contribution in [1.82, 2.24) is 0 Å². The summed E-state index contributed by atoms with van der Waals surface area (Å²) in [6, 6.07) is 17.7. The van der Waals surface area contributed by atoms with Crippen LogP contribution in [0.3, 0.4) is 0 Å². The third kappa shape index (κ3) is 4.01. The predicted molar refractivity (Wildman–Crippen MR) is 123 cm³/mol. The number of carbonyl (C=O) groups excluding carboxylic acids is 2. The summed E-state index contributed by atoms with van der Waals surface area (Å²) in [5.74, 6) is 0.979. The number of anilines is 2. The summed E-state index contributed by atoms with van der Waals surface area (Å²) < 4.78 is 11.1. The van der Waals surface area contributed by atoms with Crippen LogP contribution < -0.4 is 19.7 Å². The lowest BCUT2D eigenvalue weighted by molar-refractivity contribution is 0.0984. The number of ether oxygens (including phenoxy) is 2. The van der Waals surface area contributed by atoms with Crippen LogP contribution in [0.2, 0.25) is 5.02 Å². The zero-order chi connectivity index (χ0) is 22.1. The first-order chi connectivity index (χ1) is 15.6. The number of carbonyl (C=O) groups is 2. The Morgan fingerprint density at radius 1 is 0.906 bits per heavy atom. The second kappa shape index (κ2) is 8.55. The number of hydrogen-bond acceptors (Lipinski definition) is 4. The van der Waals surface area contributed by atoms with Crippen LogP contribution in [0, 0.1) is 0 Å². The summed E-state index contributed by atoms with van der Waals surface area (Å²) in [5, 5.41) is 3.44. The van der Waals surface area contributed by atoms with Gasteiger partial charge < -0.3 is 19.7 Å². The smallest absolute Gasteiger partial charge is 0.258 e. The molecule has 0 fully saturated rings. The monoisotopic (exact) mass is 448 g/mol. The molecule has 5 rings (SSSR count). The van der Waals surface area contributed by atoms with Gasteiger partial charge in [0, 0.05) is 40.1 Å². The molecule has 0 spiro atoms. The van der Waals surface area contributed by atoms with Crippen molar-refractivity contribution in [2.45, 2.75) is 12.8 Å². The van der Waals surface area contributed by atoms with Crippen molar-refractivity contribution in [1.29, 1.82) is 0 Å². The molecule has 2 aliphatic rings. The topological polar surface area (TPSA) is 67.9 Å². The number of aryl methyl sites for hydroxylation is 1. The van der Waals surface area contributed by atoms with Crippen LogP contribution in [0.5, 0.6) is 11.5 Å². The van der Waals surface area contributed by atoms with Gasteiger partial charge in [-0.15, -0.1) is 0 Å². The molecule has 7 heteroatoms. The molecule has 6 nitrogen and oxygen atoms in total. The maximum Gasteiger partial charge on any atom is 0.258 e. The maximum absolute atomic E-state index is 13.1. The molecule has 0 atom stereocenters. The highest BCUT2D eigenvalue weighted by Gasteiger charge is 2.25. The normalized spacial score (nSPS) is 14.5. The quantitative estimate of drug-likeness (QED) is 0.615. The molecule has 0 aliphatic carbocycles. The molecule has 162 valence electrons. The Kier molecular flexibility index (Phi) is 5.45. The summed E-state index contributed by atoms with van der Waals surface area (Å²) in [5.41, 5.74) is 3.52. The number of nitrogens with zero attached hydrogens (tertiary/aromatic N) is 1. The summed E-state index contributed by atoms with van der Waals surface area (Å²) in [6.45, 7) is 1.63. The number of benzene rings is 3. The second-order valence-corrected chi connectivity index (χ2v) is 8.16. The van der Waals surface area contributed by atoms with Gasteiger partial charge in [0.05, 0.1) is 0 Å². The summed E-state index contributed by atoms with van der Waals surface area (Å²) in [6.07, 6.45) is 1.63. The first-order valence-electron chi connectivity index (χ1n) is 10.5. The molecule has 1 N–H and O–H groups in total. The van der Waals surface area contributed by atoms with Crippen LogP contribution in [0.15, 0.2) is 60.7 Å². The number of halogens is 1. The Morgan fingerprint density at radius 2 is 1.75 bits per heavy atom. The van der Waals surface area contributed by atoms with E-state index >= 15 is 0 Å². The van der Waals surface area contributed by atoms with E-state index in [1.807, 2.05) is 12.1 Å². The molecule has 0 bridgehead atoms. The van der Waals surface area contributed by atoms with E-state index in [-0.39, 0.29) is 11.8 Å². The molecule has 0 aromatic heterocycles. The first kappa shape index (κ1) is 20.4. The molecule has 32 heavy (non-hydrogen) atoms. The standard InChI is InChI=1S/C25H21ClN2O4/c26-19-5-1-3-18(14-19)25(30)28-10-2-4-16-13-17(6-8-21(16)28)24(29)27-20-7-9-22-23(15-20)32-12-11-31-22/h1,3,5-9,13-15H,2,4,10-12H2,(H,27,29). The van der Waals surface area contributed by atoms with Crippen molar-refractivity contribution in [3.63, 3.8) is 0 Å². The van der Waals surface area contributed by atoms with Gasteiger partial charge in [0.2, 0.25) is 0 Å². The Labute approximate surface area is 190 Å². The van der Waals surface area contributed by atoms with Gasteiger partial charge in [-0.25, -0.2) is 0 Å². The van der Waals surface area contributed by atoms with Crippen molar-refractivity contribution in [3.05, 3.63) is 82.4 Å². The number of fused-ring (bicyclic) bond motifs is 2. The van der Waals surface area contributed by atoms with Gasteiger partial charge in [-0.2, -0.15) is 0 Å². The van der Waals surface area contributed by atoms with Crippen LogP contribution >= 0.6 is 11.6 Å². The van der Waals surface area contributed by atoms with Gasteiger partial charge in [0.15, 0.2) is 11.5 Å².